The molecular weight excluding hydrogens is 588 g/mol. The highest BCUT2D eigenvalue weighted by Gasteiger charge is 2.34. The molecule has 2 aliphatic rings. The van der Waals surface area contributed by atoms with Crippen LogP contribution in [-0.4, -0.2) is 52.1 Å². The fraction of sp³-hybridized carbons (Fsp3) is 0.306. The zero-order valence-corrected chi connectivity index (χ0v) is 26.9. The molecule has 0 atom stereocenters. The maximum Gasteiger partial charge on any atom is 0.307 e. The number of carbonyl (C=O) groups is 1. The van der Waals surface area contributed by atoms with Gasteiger partial charge in [-0.25, -0.2) is 8.42 Å². The second kappa shape index (κ2) is 12.2. The Morgan fingerprint density at radius 1 is 0.911 bits per heavy atom. The van der Waals surface area contributed by atoms with Crippen molar-refractivity contribution < 1.29 is 27.8 Å². The third-order valence-electron chi connectivity index (χ3n) is 8.79. The van der Waals surface area contributed by atoms with Crippen LogP contribution in [0.5, 0.6) is 5.75 Å². The smallest absolute Gasteiger partial charge is 0.307 e. The Morgan fingerprint density at radius 2 is 1.60 bits per heavy atom. The number of anilines is 2. The lowest BCUT2D eigenvalue weighted by Crippen LogP contribution is -2.36. The van der Waals surface area contributed by atoms with Crippen molar-refractivity contribution in [3.8, 4) is 28.0 Å². The van der Waals surface area contributed by atoms with Crippen LogP contribution in [0.2, 0.25) is 0 Å². The Labute approximate surface area is 264 Å². The fourth-order valence-electron chi connectivity index (χ4n) is 6.51. The Kier molecular flexibility index (Phi) is 8.33. The maximum atomic E-state index is 13.3. The number of ether oxygens (including phenoxy) is 2. The maximum absolute atomic E-state index is 13.3. The Bertz CT molecular complexity index is 1860. The van der Waals surface area contributed by atoms with Gasteiger partial charge in [0.15, 0.2) is 0 Å². The summed E-state index contributed by atoms with van der Waals surface area (Å²) in [5.41, 5.74) is 10.3. The molecule has 0 spiro atoms. The summed E-state index contributed by atoms with van der Waals surface area (Å²) in [5.74, 6) is -0.316. The minimum atomic E-state index is -3.70. The number of sulfonamides is 1. The largest absolute Gasteiger partial charge is 0.489 e. The first kappa shape index (κ1) is 30.7. The zero-order chi connectivity index (χ0) is 31.9. The molecule has 2 heterocycles. The van der Waals surface area contributed by atoms with Gasteiger partial charge in [0.25, 0.3) is 0 Å². The van der Waals surface area contributed by atoms with Crippen LogP contribution in [0, 0.1) is 20.8 Å². The molecule has 0 saturated carbocycles. The van der Waals surface area contributed by atoms with Crippen LogP contribution in [0.15, 0.2) is 66.7 Å². The molecule has 0 unspecified atom stereocenters. The van der Waals surface area contributed by atoms with Gasteiger partial charge < -0.3 is 19.5 Å². The average Bonchev–Trinajstić information content (AvgIpc) is 3.02. The first-order chi connectivity index (χ1) is 21.5. The summed E-state index contributed by atoms with van der Waals surface area (Å²) in [5, 5.41) is 9.87. The van der Waals surface area contributed by atoms with Crippen molar-refractivity contribution in [2.45, 2.75) is 40.3 Å². The van der Waals surface area contributed by atoms with E-state index in [-0.39, 0.29) is 13.0 Å². The molecule has 2 aliphatic heterocycles. The molecule has 8 nitrogen and oxygen atoms in total. The SMILES string of the molecule is Cc1ccc(-c2c(C)c3c(c(C)c2CC(=O)O)N(S(C)(=O)=O)Cc2cc(OCc4ccc(N5CCOCC5)cc4)ccc2-3)cc1. The number of fused-ring (bicyclic) bond motifs is 3. The molecular formula is C36H38N2O6S. The first-order valence-electron chi connectivity index (χ1n) is 15.1. The number of benzene rings is 4. The van der Waals surface area contributed by atoms with E-state index >= 15 is 0 Å². The van der Waals surface area contributed by atoms with E-state index in [2.05, 4.69) is 29.2 Å². The first-order valence-corrected chi connectivity index (χ1v) is 17.0. The number of hydrogen-bond donors (Lipinski definition) is 1. The summed E-state index contributed by atoms with van der Waals surface area (Å²) in [4.78, 5) is 14.4. The van der Waals surface area contributed by atoms with E-state index in [1.54, 1.807) is 0 Å². The summed E-state index contributed by atoms with van der Waals surface area (Å²) in [6.07, 6.45) is 0.982. The van der Waals surface area contributed by atoms with E-state index < -0.39 is 16.0 Å². The van der Waals surface area contributed by atoms with Gasteiger partial charge in [0.2, 0.25) is 10.0 Å². The van der Waals surface area contributed by atoms with Crippen molar-refractivity contribution >= 4 is 27.4 Å². The average molecular weight is 627 g/mol. The van der Waals surface area contributed by atoms with E-state index in [0.717, 1.165) is 76.5 Å². The predicted molar refractivity (Wildman–Crippen MR) is 178 cm³/mol. The van der Waals surface area contributed by atoms with Gasteiger partial charge in [0.05, 0.1) is 38.1 Å². The Morgan fingerprint density at radius 3 is 2.24 bits per heavy atom. The Hall–Kier alpha value is -4.34. The lowest BCUT2D eigenvalue weighted by molar-refractivity contribution is -0.136. The van der Waals surface area contributed by atoms with Gasteiger partial charge in [0, 0.05) is 24.3 Å². The van der Waals surface area contributed by atoms with Gasteiger partial charge in [0.1, 0.15) is 12.4 Å². The molecule has 1 N–H and O–H groups in total. The fourth-order valence-corrected chi connectivity index (χ4v) is 7.45. The van der Waals surface area contributed by atoms with Crippen molar-refractivity contribution in [2.75, 3.05) is 41.8 Å². The number of carboxylic acids is 1. The van der Waals surface area contributed by atoms with Crippen LogP contribution in [0.4, 0.5) is 11.4 Å². The summed E-state index contributed by atoms with van der Waals surface area (Å²) >= 11 is 0. The molecule has 9 heteroatoms. The van der Waals surface area contributed by atoms with Gasteiger partial charge >= 0.3 is 5.97 Å². The van der Waals surface area contributed by atoms with Gasteiger partial charge in [-0.1, -0.05) is 48.0 Å². The minimum absolute atomic E-state index is 0.128. The van der Waals surface area contributed by atoms with Gasteiger partial charge in [-0.05, 0) is 89.5 Å². The van der Waals surface area contributed by atoms with Crippen LogP contribution >= 0.6 is 0 Å². The van der Waals surface area contributed by atoms with Gasteiger partial charge in [-0.3, -0.25) is 9.10 Å². The number of aliphatic carboxylic acids is 1. The standard InChI is InChI=1S/C36H38N2O6S/c1-23-5-9-27(10-6-23)34-25(3)35-31-14-13-30(44-22-26-7-11-29(12-8-26)37-15-17-43-18-16-37)19-28(31)21-38(45(4,41)42)36(35)24(2)32(34)20-33(39)40/h5-14,19H,15-18,20-22H2,1-4H3,(H,39,40). The summed E-state index contributed by atoms with van der Waals surface area (Å²) < 4.78 is 39.6. The number of rotatable bonds is 8. The monoisotopic (exact) mass is 626 g/mol. The summed E-state index contributed by atoms with van der Waals surface area (Å²) in [7, 11) is -3.70. The number of aryl methyl sites for hydroxylation is 1. The summed E-state index contributed by atoms with van der Waals surface area (Å²) in [6.45, 7) is 9.54. The quantitative estimate of drug-likeness (QED) is 0.246. The zero-order valence-electron chi connectivity index (χ0n) is 26.1. The van der Waals surface area contributed by atoms with Gasteiger partial charge in [-0.2, -0.15) is 0 Å². The molecule has 0 amide bonds. The highest BCUT2D eigenvalue weighted by molar-refractivity contribution is 7.92. The predicted octanol–water partition coefficient (Wildman–Crippen LogP) is 6.27. The van der Waals surface area contributed by atoms with Crippen LogP contribution in [0.25, 0.3) is 22.3 Å². The van der Waals surface area contributed by atoms with E-state index in [4.69, 9.17) is 9.47 Å². The summed E-state index contributed by atoms with van der Waals surface area (Å²) in [6, 6.07) is 22.2. The highest BCUT2D eigenvalue weighted by atomic mass is 32.2. The second-order valence-electron chi connectivity index (χ2n) is 11.9. The molecule has 0 bridgehead atoms. The molecule has 0 radical (unpaired) electrons. The van der Waals surface area contributed by atoms with E-state index in [1.165, 1.54) is 10.6 Å². The molecule has 0 aliphatic carbocycles. The van der Waals surface area contributed by atoms with E-state index in [9.17, 15) is 18.3 Å². The van der Waals surface area contributed by atoms with Crippen molar-refractivity contribution in [3.05, 3.63) is 100 Å². The van der Waals surface area contributed by atoms with Crippen LogP contribution in [-0.2, 0) is 39.1 Å². The molecule has 6 rings (SSSR count). The van der Waals surface area contributed by atoms with Crippen molar-refractivity contribution in [1.82, 2.24) is 0 Å². The molecule has 1 saturated heterocycles. The van der Waals surface area contributed by atoms with Crippen molar-refractivity contribution in [1.29, 1.82) is 0 Å². The molecule has 234 valence electrons. The molecule has 4 aromatic rings. The molecule has 1 fully saturated rings. The van der Waals surface area contributed by atoms with Crippen molar-refractivity contribution in [2.24, 2.45) is 0 Å². The van der Waals surface area contributed by atoms with Crippen LogP contribution in [0.3, 0.4) is 0 Å². The van der Waals surface area contributed by atoms with E-state index in [1.807, 2.05) is 63.2 Å². The van der Waals surface area contributed by atoms with Crippen molar-refractivity contribution in [3.63, 3.8) is 0 Å². The van der Waals surface area contributed by atoms with Gasteiger partial charge in [-0.15, -0.1) is 0 Å². The highest BCUT2D eigenvalue weighted by Crippen LogP contribution is 2.50. The third kappa shape index (κ3) is 6.15. The topological polar surface area (TPSA) is 96.4 Å². The second-order valence-corrected chi connectivity index (χ2v) is 13.8. The number of hydrogen-bond acceptors (Lipinski definition) is 6. The molecule has 0 aromatic heterocycles. The molecule has 4 aromatic carbocycles. The van der Waals surface area contributed by atoms with Crippen LogP contribution in [0.1, 0.15) is 33.4 Å². The number of carboxylic acid groups (broad SMARTS) is 1. The third-order valence-corrected chi connectivity index (χ3v) is 9.90. The lowest BCUT2D eigenvalue weighted by atomic mass is 9.81. The molecule has 45 heavy (non-hydrogen) atoms. The van der Waals surface area contributed by atoms with E-state index in [0.29, 0.717) is 29.2 Å². The lowest BCUT2D eigenvalue weighted by Gasteiger charge is -2.36. The normalized spacial score (nSPS) is 14.6. The number of nitrogens with zero attached hydrogens (tertiary/aromatic N) is 2. The van der Waals surface area contributed by atoms with Crippen LogP contribution < -0.4 is 13.9 Å². The minimum Gasteiger partial charge on any atom is -0.489 e. The Balaban J connectivity index is 1.39. The number of morpholine rings is 1.